The van der Waals surface area contributed by atoms with Gasteiger partial charge >= 0.3 is 0 Å². The number of nitrogens with zero attached hydrogens (tertiary/aromatic N) is 2. The number of para-hydroxylation sites is 1. The fraction of sp³-hybridized carbons (Fsp3) is 0. The molecule has 0 aliphatic rings. The first-order chi connectivity index (χ1) is 25.7. The predicted octanol–water partition coefficient (Wildman–Crippen LogP) is 13.6. The minimum absolute atomic E-state index is 0.585. The molecule has 0 amide bonds. The molecule has 3 aromatic heterocycles. The topological polar surface area (TPSA) is 55.6 Å². The number of aromatic nitrogens is 1. The van der Waals surface area contributed by atoms with Gasteiger partial charge in [-0.15, -0.1) is 0 Å². The third kappa shape index (κ3) is 4.46. The van der Waals surface area contributed by atoms with Gasteiger partial charge in [0.05, 0.1) is 5.39 Å². The van der Waals surface area contributed by atoms with Crippen molar-refractivity contribution in [3.05, 3.63) is 170 Å². The Balaban J connectivity index is 1.11. The zero-order valence-electron chi connectivity index (χ0n) is 27.8. The lowest BCUT2D eigenvalue weighted by molar-refractivity contribution is 0.622. The Morgan fingerprint density at radius 1 is 0.404 bits per heavy atom. The normalized spacial score (nSPS) is 11.8. The third-order valence-corrected chi connectivity index (χ3v) is 10.1. The predicted molar refractivity (Wildman–Crippen MR) is 212 cm³/mol. The van der Waals surface area contributed by atoms with Crippen molar-refractivity contribution in [3.63, 3.8) is 0 Å². The molecular weight excluding hydrogens is 641 g/mol. The number of anilines is 3. The van der Waals surface area contributed by atoms with Crippen LogP contribution < -0.4 is 4.90 Å². The Labute approximate surface area is 297 Å². The molecule has 5 heteroatoms. The van der Waals surface area contributed by atoms with E-state index < -0.39 is 0 Å². The van der Waals surface area contributed by atoms with Gasteiger partial charge in [0.15, 0.2) is 5.58 Å². The number of oxazole rings is 1. The summed E-state index contributed by atoms with van der Waals surface area (Å²) in [5.41, 5.74) is 11.1. The van der Waals surface area contributed by atoms with E-state index in [1.54, 1.807) is 0 Å². The maximum absolute atomic E-state index is 6.47. The average Bonchev–Trinajstić information content (AvgIpc) is 3.91. The Bertz CT molecular complexity index is 3130. The van der Waals surface area contributed by atoms with E-state index in [2.05, 4.69) is 114 Å². The number of hydrogen-bond donors (Lipinski definition) is 0. The highest BCUT2D eigenvalue weighted by Crippen LogP contribution is 2.43. The summed E-state index contributed by atoms with van der Waals surface area (Å²) >= 11 is 0. The summed E-state index contributed by atoms with van der Waals surface area (Å²) in [4.78, 5) is 7.14. The molecule has 8 aromatic carbocycles. The molecule has 11 aromatic rings. The molecule has 0 fully saturated rings. The van der Waals surface area contributed by atoms with Gasteiger partial charge in [-0.05, 0) is 101 Å². The van der Waals surface area contributed by atoms with Crippen LogP contribution in [0.3, 0.4) is 0 Å². The van der Waals surface area contributed by atoms with Crippen LogP contribution in [0.15, 0.2) is 183 Å². The summed E-state index contributed by atoms with van der Waals surface area (Å²) in [6.07, 6.45) is 0. The van der Waals surface area contributed by atoms with E-state index in [1.165, 1.54) is 16.3 Å². The maximum atomic E-state index is 6.47. The second kappa shape index (κ2) is 11.2. The fourth-order valence-electron chi connectivity index (χ4n) is 7.65. The molecule has 0 bridgehead atoms. The summed E-state index contributed by atoms with van der Waals surface area (Å²) < 4.78 is 19.1. The lowest BCUT2D eigenvalue weighted by atomic mass is 9.98. The van der Waals surface area contributed by atoms with Crippen molar-refractivity contribution in [1.82, 2.24) is 4.98 Å². The fourth-order valence-corrected chi connectivity index (χ4v) is 7.65. The molecule has 0 aliphatic carbocycles. The lowest BCUT2D eigenvalue weighted by Crippen LogP contribution is -2.09. The zero-order chi connectivity index (χ0) is 34.2. The van der Waals surface area contributed by atoms with E-state index >= 15 is 0 Å². The molecule has 11 rings (SSSR count). The molecule has 5 nitrogen and oxygen atoms in total. The molecule has 0 aliphatic heterocycles. The highest BCUT2D eigenvalue weighted by Gasteiger charge is 2.21. The van der Waals surface area contributed by atoms with Crippen LogP contribution in [0.1, 0.15) is 0 Å². The smallest absolute Gasteiger partial charge is 0.227 e. The SMILES string of the molecule is c1ccc(-c2nc3ccc4oc5ccc(N(c6ccc(-c7cccc8ccccc78)cc6)c6ccc7oc8ccccc8c7c6)cc5c4c3o2)cc1. The van der Waals surface area contributed by atoms with Crippen LogP contribution in [0.5, 0.6) is 0 Å². The molecule has 0 saturated carbocycles. The second-order valence-corrected chi connectivity index (χ2v) is 13.1. The van der Waals surface area contributed by atoms with Crippen molar-refractivity contribution >= 4 is 82.8 Å². The molecule has 0 N–H and O–H groups in total. The van der Waals surface area contributed by atoms with Gasteiger partial charge in [-0.25, -0.2) is 4.98 Å². The quantitative estimate of drug-likeness (QED) is 0.183. The monoisotopic (exact) mass is 668 g/mol. The number of fused-ring (bicyclic) bond motifs is 9. The van der Waals surface area contributed by atoms with Crippen LogP contribution in [0, 0.1) is 0 Å². The van der Waals surface area contributed by atoms with Crippen molar-refractivity contribution in [3.8, 4) is 22.6 Å². The first-order valence-corrected chi connectivity index (χ1v) is 17.4. The molecule has 244 valence electrons. The molecule has 0 spiro atoms. The van der Waals surface area contributed by atoms with E-state index in [1.807, 2.05) is 60.7 Å². The van der Waals surface area contributed by atoms with Crippen LogP contribution in [-0.2, 0) is 0 Å². The summed E-state index contributed by atoms with van der Waals surface area (Å²) in [6, 6.07) is 58.8. The van der Waals surface area contributed by atoms with Crippen molar-refractivity contribution in [1.29, 1.82) is 0 Å². The van der Waals surface area contributed by atoms with Crippen molar-refractivity contribution in [2.75, 3.05) is 4.90 Å². The second-order valence-electron chi connectivity index (χ2n) is 13.1. The molecule has 52 heavy (non-hydrogen) atoms. The van der Waals surface area contributed by atoms with Gasteiger partial charge < -0.3 is 18.2 Å². The van der Waals surface area contributed by atoms with Gasteiger partial charge in [0.25, 0.3) is 0 Å². The van der Waals surface area contributed by atoms with Crippen LogP contribution in [0.2, 0.25) is 0 Å². The number of rotatable bonds is 5. The number of hydrogen-bond acceptors (Lipinski definition) is 5. The van der Waals surface area contributed by atoms with Gasteiger partial charge in [-0.3, -0.25) is 0 Å². The van der Waals surface area contributed by atoms with Crippen LogP contribution >= 0.6 is 0 Å². The summed E-state index contributed by atoms with van der Waals surface area (Å²) in [7, 11) is 0. The van der Waals surface area contributed by atoms with E-state index in [0.717, 1.165) is 77.6 Å². The minimum Gasteiger partial charge on any atom is -0.456 e. The highest BCUT2D eigenvalue weighted by molar-refractivity contribution is 6.17. The molecular formula is C47H28N2O3. The van der Waals surface area contributed by atoms with Crippen molar-refractivity contribution in [2.24, 2.45) is 0 Å². The van der Waals surface area contributed by atoms with Gasteiger partial charge in [-0.2, -0.15) is 0 Å². The Hall–Kier alpha value is -7.11. The number of benzene rings is 8. The Morgan fingerprint density at radius 3 is 1.88 bits per heavy atom. The molecule has 0 atom stereocenters. The highest BCUT2D eigenvalue weighted by atomic mass is 16.4. The lowest BCUT2D eigenvalue weighted by Gasteiger charge is -2.26. The summed E-state index contributed by atoms with van der Waals surface area (Å²) in [6.45, 7) is 0. The van der Waals surface area contributed by atoms with E-state index in [4.69, 9.17) is 18.2 Å². The van der Waals surface area contributed by atoms with Gasteiger partial charge in [0.1, 0.15) is 27.8 Å². The maximum Gasteiger partial charge on any atom is 0.227 e. The minimum atomic E-state index is 0.585. The molecule has 3 heterocycles. The van der Waals surface area contributed by atoms with E-state index in [9.17, 15) is 0 Å². The van der Waals surface area contributed by atoms with Crippen LogP contribution in [-0.4, -0.2) is 4.98 Å². The number of furan rings is 2. The molecule has 0 radical (unpaired) electrons. The van der Waals surface area contributed by atoms with Crippen LogP contribution in [0.25, 0.3) is 88.3 Å². The van der Waals surface area contributed by atoms with Crippen molar-refractivity contribution < 1.29 is 13.3 Å². The summed E-state index contributed by atoms with van der Waals surface area (Å²) in [5, 5.41) is 6.48. The molecule has 0 saturated heterocycles. The first-order valence-electron chi connectivity index (χ1n) is 17.4. The Morgan fingerprint density at radius 2 is 1.04 bits per heavy atom. The third-order valence-electron chi connectivity index (χ3n) is 10.1. The zero-order valence-corrected chi connectivity index (χ0v) is 27.8. The standard InChI is InChI=1S/C47H28N2O3/c1-2-10-31(11-3-1)47-48-40-23-26-44-45(46(40)52-47)39-28-34(22-25-43(39)51-44)49(33-21-24-42-38(27-33)37-14-6-7-16-41(37)50-42)32-19-17-30(18-20-32)36-15-8-12-29-9-4-5-13-35(29)36/h1-28H. The first kappa shape index (κ1) is 28.7. The van der Waals surface area contributed by atoms with E-state index in [0.29, 0.717) is 11.5 Å². The Kier molecular flexibility index (Phi) is 6.18. The van der Waals surface area contributed by atoms with Crippen LogP contribution in [0.4, 0.5) is 17.1 Å². The summed E-state index contributed by atoms with van der Waals surface area (Å²) in [5.74, 6) is 0.585. The van der Waals surface area contributed by atoms with Gasteiger partial charge in [-0.1, -0.05) is 91.0 Å². The van der Waals surface area contributed by atoms with E-state index in [-0.39, 0.29) is 0 Å². The van der Waals surface area contributed by atoms with Crippen molar-refractivity contribution in [2.45, 2.75) is 0 Å². The largest absolute Gasteiger partial charge is 0.456 e. The van der Waals surface area contributed by atoms with Gasteiger partial charge in [0, 0.05) is 38.8 Å². The molecule has 0 unspecified atom stereocenters. The van der Waals surface area contributed by atoms with Gasteiger partial charge in [0.2, 0.25) is 5.89 Å². The average molecular weight is 669 g/mol.